The lowest BCUT2D eigenvalue weighted by molar-refractivity contribution is 0.112. The van der Waals surface area contributed by atoms with Crippen LogP contribution in [-0.2, 0) is 0 Å². The SMILES string of the molecule is CC(CCO)c1cc2[nH]c3cc(C=O)sc3c2s1. The number of aromatic amines is 1. The van der Waals surface area contributed by atoms with Crippen molar-refractivity contribution in [3.63, 3.8) is 0 Å². The highest BCUT2D eigenvalue weighted by Crippen LogP contribution is 2.39. The molecular weight excluding hydrogens is 266 g/mol. The Labute approximate surface area is 112 Å². The van der Waals surface area contributed by atoms with Gasteiger partial charge in [-0.1, -0.05) is 6.92 Å². The molecular formula is C13H13NO2S2. The number of H-pyrrole nitrogens is 1. The Bertz CT molecular complexity index is 707. The van der Waals surface area contributed by atoms with E-state index in [1.54, 1.807) is 11.3 Å². The molecule has 0 amide bonds. The molecule has 3 heterocycles. The molecule has 3 nitrogen and oxygen atoms in total. The monoisotopic (exact) mass is 279 g/mol. The maximum Gasteiger partial charge on any atom is 0.160 e. The summed E-state index contributed by atoms with van der Waals surface area (Å²) in [4.78, 5) is 16.2. The van der Waals surface area contributed by atoms with Gasteiger partial charge in [-0.05, 0) is 24.5 Å². The van der Waals surface area contributed by atoms with Crippen molar-refractivity contribution < 1.29 is 9.90 Å². The van der Waals surface area contributed by atoms with Gasteiger partial charge in [-0.3, -0.25) is 4.79 Å². The smallest absolute Gasteiger partial charge is 0.160 e. The van der Waals surface area contributed by atoms with Crippen LogP contribution in [0.1, 0.15) is 33.8 Å². The van der Waals surface area contributed by atoms with Crippen LogP contribution in [0.15, 0.2) is 12.1 Å². The van der Waals surface area contributed by atoms with Crippen molar-refractivity contribution in [1.82, 2.24) is 4.98 Å². The first-order valence-electron chi connectivity index (χ1n) is 5.84. The molecule has 3 aromatic rings. The zero-order valence-corrected chi connectivity index (χ0v) is 11.5. The van der Waals surface area contributed by atoms with E-state index >= 15 is 0 Å². The van der Waals surface area contributed by atoms with Crippen LogP contribution in [0, 0.1) is 0 Å². The van der Waals surface area contributed by atoms with Crippen molar-refractivity contribution >= 4 is 49.4 Å². The van der Waals surface area contributed by atoms with Crippen molar-refractivity contribution in [2.75, 3.05) is 6.61 Å². The maximum atomic E-state index is 10.8. The molecule has 0 radical (unpaired) electrons. The maximum absolute atomic E-state index is 10.8. The first kappa shape index (κ1) is 11.9. The fourth-order valence-electron chi connectivity index (χ4n) is 2.13. The Morgan fingerprint density at radius 2 is 2.06 bits per heavy atom. The van der Waals surface area contributed by atoms with Gasteiger partial charge >= 0.3 is 0 Å². The molecule has 0 aliphatic rings. The molecule has 3 aromatic heterocycles. The van der Waals surface area contributed by atoms with Crippen LogP contribution in [0.4, 0.5) is 0 Å². The minimum atomic E-state index is 0.219. The number of carbonyl (C=O) groups excluding carboxylic acids is 1. The highest BCUT2D eigenvalue weighted by molar-refractivity contribution is 7.28. The van der Waals surface area contributed by atoms with E-state index in [1.165, 1.54) is 25.6 Å². The predicted octanol–water partition coefficient (Wildman–Crippen LogP) is 3.74. The third kappa shape index (κ3) is 1.79. The number of aldehydes is 1. The molecule has 94 valence electrons. The molecule has 5 heteroatoms. The van der Waals surface area contributed by atoms with E-state index in [4.69, 9.17) is 5.11 Å². The van der Waals surface area contributed by atoms with Gasteiger partial charge in [-0.25, -0.2) is 0 Å². The van der Waals surface area contributed by atoms with Crippen molar-refractivity contribution in [1.29, 1.82) is 0 Å². The van der Waals surface area contributed by atoms with E-state index in [0.29, 0.717) is 5.92 Å². The molecule has 0 saturated heterocycles. The molecule has 0 aromatic carbocycles. The van der Waals surface area contributed by atoms with E-state index < -0.39 is 0 Å². The minimum absolute atomic E-state index is 0.219. The van der Waals surface area contributed by atoms with E-state index in [-0.39, 0.29) is 6.61 Å². The second-order valence-electron chi connectivity index (χ2n) is 4.44. The number of aliphatic hydroxyl groups is 1. The summed E-state index contributed by atoms with van der Waals surface area (Å²) < 4.78 is 2.39. The summed E-state index contributed by atoms with van der Waals surface area (Å²) in [7, 11) is 0. The molecule has 1 unspecified atom stereocenters. The molecule has 0 saturated carbocycles. The lowest BCUT2D eigenvalue weighted by atomic mass is 10.1. The third-order valence-corrected chi connectivity index (χ3v) is 5.73. The van der Waals surface area contributed by atoms with E-state index in [1.807, 2.05) is 6.07 Å². The van der Waals surface area contributed by atoms with Crippen LogP contribution in [-0.4, -0.2) is 23.0 Å². The van der Waals surface area contributed by atoms with Crippen LogP contribution in [0.2, 0.25) is 0 Å². The largest absolute Gasteiger partial charge is 0.396 e. The Morgan fingerprint density at radius 3 is 2.78 bits per heavy atom. The molecule has 0 aliphatic carbocycles. The van der Waals surface area contributed by atoms with E-state index in [0.717, 1.165) is 28.6 Å². The van der Waals surface area contributed by atoms with Crippen LogP contribution in [0.25, 0.3) is 20.4 Å². The van der Waals surface area contributed by atoms with Crippen molar-refractivity contribution in [2.45, 2.75) is 19.3 Å². The molecule has 0 spiro atoms. The van der Waals surface area contributed by atoms with Crippen LogP contribution >= 0.6 is 22.7 Å². The summed E-state index contributed by atoms with van der Waals surface area (Å²) in [6.45, 7) is 2.35. The van der Waals surface area contributed by atoms with Gasteiger partial charge in [-0.2, -0.15) is 0 Å². The van der Waals surface area contributed by atoms with Gasteiger partial charge in [-0.15, -0.1) is 22.7 Å². The standard InChI is InChI=1S/C13H13NO2S2/c1-7(2-3-15)11-5-10-13(18-11)12-9(14-10)4-8(6-16)17-12/h4-7,14-15H,2-3H2,1H3. The number of carbonyl (C=O) groups is 1. The first-order chi connectivity index (χ1) is 8.72. The number of aliphatic hydroxyl groups excluding tert-OH is 1. The molecule has 2 N–H and O–H groups in total. The van der Waals surface area contributed by atoms with Gasteiger partial charge in [0.1, 0.15) is 0 Å². The number of rotatable bonds is 4. The Morgan fingerprint density at radius 1 is 1.33 bits per heavy atom. The number of aromatic nitrogens is 1. The number of thiophene rings is 2. The number of hydrogen-bond donors (Lipinski definition) is 2. The summed E-state index contributed by atoms with van der Waals surface area (Å²) in [6.07, 6.45) is 1.68. The molecule has 18 heavy (non-hydrogen) atoms. The van der Waals surface area contributed by atoms with Gasteiger partial charge in [0.2, 0.25) is 0 Å². The predicted molar refractivity (Wildman–Crippen MR) is 77.1 cm³/mol. The van der Waals surface area contributed by atoms with Gasteiger partial charge < -0.3 is 10.1 Å². The van der Waals surface area contributed by atoms with Crippen molar-refractivity contribution in [3.05, 3.63) is 21.9 Å². The highest BCUT2D eigenvalue weighted by atomic mass is 32.1. The lowest BCUT2D eigenvalue weighted by Crippen LogP contribution is -1.93. The average Bonchev–Trinajstić information content (AvgIpc) is 2.97. The molecule has 0 aliphatic heterocycles. The highest BCUT2D eigenvalue weighted by Gasteiger charge is 2.15. The van der Waals surface area contributed by atoms with Crippen molar-refractivity contribution in [2.24, 2.45) is 0 Å². The molecule has 3 rings (SSSR count). The normalized spacial score (nSPS) is 13.4. The Balaban J connectivity index is 2.11. The van der Waals surface area contributed by atoms with E-state index in [9.17, 15) is 4.79 Å². The third-order valence-electron chi connectivity index (χ3n) is 3.14. The number of fused-ring (bicyclic) bond motifs is 3. The van der Waals surface area contributed by atoms with Crippen LogP contribution in [0.5, 0.6) is 0 Å². The summed E-state index contributed by atoms with van der Waals surface area (Å²) >= 11 is 3.29. The van der Waals surface area contributed by atoms with Gasteiger partial charge in [0.15, 0.2) is 6.29 Å². The second-order valence-corrected chi connectivity index (χ2v) is 6.61. The van der Waals surface area contributed by atoms with Crippen molar-refractivity contribution in [3.8, 4) is 0 Å². The van der Waals surface area contributed by atoms with Crippen LogP contribution < -0.4 is 0 Å². The van der Waals surface area contributed by atoms with Gasteiger partial charge in [0.05, 0.1) is 25.3 Å². The number of nitrogens with one attached hydrogen (secondary N) is 1. The van der Waals surface area contributed by atoms with Gasteiger partial charge in [0.25, 0.3) is 0 Å². The summed E-state index contributed by atoms with van der Waals surface area (Å²) in [5.41, 5.74) is 2.18. The fourth-order valence-corrected chi connectivity index (χ4v) is 4.41. The Hall–Kier alpha value is -1.17. The second kappa shape index (κ2) is 4.50. The summed E-state index contributed by atoms with van der Waals surface area (Å²) in [5.74, 6) is 0.376. The minimum Gasteiger partial charge on any atom is -0.396 e. The lowest BCUT2D eigenvalue weighted by Gasteiger charge is -2.05. The average molecular weight is 279 g/mol. The molecule has 1 atom stereocenters. The molecule has 0 fully saturated rings. The number of hydrogen-bond acceptors (Lipinski definition) is 4. The zero-order valence-electron chi connectivity index (χ0n) is 9.90. The van der Waals surface area contributed by atoms with E-state index in [2.05, 4.69) is 18.0 Å². The zero-order chi connectivity index (χ0) is 12.7. The topological polar surface area (TPSA) is 53.1 Å². The van der Waals surface area contributed by atoms with Gasteiger partial charge in [0, 0.05) is 11.5 Å². The van der Waals surface area contributed by atoms with Crippen LogP contribution in [0.3, 0.4) is 0 Å². The Kier molecular flexibility index (Phi) is 2.97. The summed E-state index contributed by atoms with van der Waals surface area (Å²) in [6, 6.07) is 4.06. The summed E-state index contributed by atoms with van der Waals surface area (Å²) in [5, 5.41) is 8.99. The molecule has 0 bridgehead atoms. The fraction of sp³-hybridized carbons (Fsp3) is 0.308. The quantitative estimate of drug-likeness (QED) is 0.715. The first-order valence-corrected chi connectivity index (χ1v) is 7.47.